The molecule has 0 saturated heterocycles. The molecule has 3 aromatic heterocycles. The van der Waals surface area contributed by atoms with E-state index in [9.17, 15) is 14.4 Å². The molecule has 0 spiro atoms. The third kappa shape index (κ3) is 3.26. The van der Waals surface area contributed by atoms with Crippen molar-refractivity contribution >= 4 is 34.4 Å². The van der Waals surface area contributed by atoms with Crippen LogP contribution in [-0.4, -0.2) is 46.5 Å². The first-order valence-electron chi connectivity index (χ1n) is 8.71. The number of nitrogens with zero attached hydrogens (tertiary/aromatic N) is 7. The molecule has 1 amide bonds. The molecule has 4 rings (SSSR count). The maximum absolute atomic E-state index is 12.7. The van der Waals surface area contributed by atoms with E-state index in [1.165, 1.54) is 42.6 Å². The number of hydrogen-bond donors (Lipinski definition) is 1. The first-order chi connectivity index (χ1) is 14.4. The predicted molar refractivity (Wildman–Crippen MR) is 111 cm³/mol. The van der Waals surface area contributed by atoms with Crippen LogP contribution in [-0.2, 0) is 14.1 Å². The smallest absolute Gasteiger partial charge is 0.321 e. The van der Waals surface area contributed by atoms with Crippen LogP contribution in [0.2, 0.25) is 0 Å². The predicted octanol–water partition coefficient (Wildman–Crippen LogP) is 0.582. The molecule has 4 aromatic rings. The van der Waals surface area contributed by atoms with Gasteiger partial charge in [-0.3, -0.25) is 18.7 Å². The fourth-order valence-electron chi connectivity index (χ4n) is 2.96. The molecule has 0 radical (unpaired) electrons. The molecule has 1 aromatic carbocycles. The molecule has 11 nitrogen and oxygen atoms in total. The number of amides is 1. The van der Waals surface area contributed by atoms with E-state index in [1.54, 1.807) is 22.9 Å². The topological polar surface area (TPSA) is 130 Å². The van der Waals surface area contributed by atoms with E-state index in [2.05, 4.69) is 25.8 Å². The van der Waals surface area contributed by atoms with Gasteiger partial charge < -0.3 is 5.32 Å². The monoisotopic (exact) mass is 424 g/mol. The molecule has 12 heteroatoms. The van der Waals surface area contributed by atoms with Gasteiger partial charge in [-0.05, 0) is 47.0 Å². The van der Waals surface area contributed by atoms with E-state index in [1.807, 2.05) is 12.3 Å². The molecule has 0 aliphatic heterocycles. The van der Waals surface area contributed by atoms with Gasteiger partial charge in [-0.15, -0.1) is 5.10 Å². The van der Waals surface area contributed by atoms with Crippen molar-refractivity contribution in [3.05, 3.63) is 62.9 Å². The van der Waals surface area contributed by atoms with Gasteiger partial charge in [0.1, 0.15) is 11.3 Å². The molecule has 0 bridgehead atoms. The lowest BCUT2D eigenvalue weighted by atomic mass is 10.2. The highest BCUT2D eigenvalue weighted by molar-refractivity contribution is 7.98. The van der Waals surface area contributed by atoms with E-state index in [0.29, 0.717) is 16.5 Å². The number of rotatable bonds is 4. The number of benzene rings is 1. The van der Waals surface area contributed by atoms with Crippen molar-refractivity contribution in [1.29, 1.82) is 0 Å². The number of nitrogens with one attached hydrogen (secondary N) is 1. The summed E-state index contributed by atoms with van der Waals surface area (Å²) in [5.74, 6) is -0.482. The van der Waals surface area contributed by atoms with Crippen LogP contribution >= 0.6 is 11.8 Å². The maximum atomic E-state index is 12.7. The lowest BCUT2D eigenvalue weighted by Gasteiger charge is -2.10. The molecule has 152 valence electrons. The van der Waals surface area contributed by atoms with Gasteiger partial charge >= 0.3 is 5.69 Å². The Hall–Kier alpha value is -3.80. The summed E-state index contributed by atoms with van der Waals surface area (Å²) >= 11 is 1.39. The summed E-state index contributed by atoms with van der Waals surface area (Å²) in [5.41, 5.74) is 0.424. The van der Waals surface area contributed by atoms with Crippen molar-refractivity contribution in [2.24, 2.45) is 14.1 Å². The number of carbonyl (C=O) groups excluding carboxylic acids is 1. The Morgan fingerprint density at radius 2 is 1.90 bits per heavy atom. The Bertz CT molecular complexity index is 1400. The van der Waals surface area contributed by atoms with Crippen molar-refractivity contribution < 1.29 is 4.79 Å². The summed E-state index contributed by atoms with van der Waals surface area (Å²) < 4.78 is 3.78. The quantitative estimate of drug-likeness (QED) is 0.471. The average Bonchev–Trinajstić information content (AvgIpc) is 3.25. The molecule has 3 heterocycles. The first-order valence-corrected chi connectivity index (χ1v) is 9.94. The Morgan fingerprint density at radius 1 is 1.10 bits per heavy atom. The van der Waals surface area contributed by atoms with Crippen molar-refractivity contribution in [2.45, 2.75) is 5.16 Å². The van der Waals surface area contributed by atoms with E-state index in [-0.39, 0.29) is 16.7 Å². The minimum absolute atomic E-state index is 0.0726. The van der Waals surface area contributed by atoms with Crippen LogP contribution in [0.3, 0.4) is 0 Å². The van der Waals surface area contributed by atoms with Crippen molar-refractivity contribution in [3.8, 4) is 5.69 Å². The van der Waals surface area contributed by atoms with Crippen molar-refractivity contribution in [1.82, 2.24) is 34.3 Å². The van der Waals surface area contributed by atoms with E-state index in [0.717, 1.165) is 4.57 Å². The summed E-state index contributed by atoms with van der Waals surface area (Å²) in [7, 11) is 2.89. The zero-order valence-corrected chi connectivity index (χ0v) is 17.0. The Morgan fingerprint density at radius 3 is 2.67 bits per heavy atom. The lowest BCUT2D eigenvalue weighted by Crippen LogP contribution is -2.37. The van der Waals surface area contributed by atoms with Crippen LogP contribution in [0.1, 0.15) is 10.5 Å². The summed E-state index contributed by atoms with van der Waals surface area (Å²) in [6, 6.07) is 9.95. The normalized spacial score (nSPS) is 11.0. The number of aromatic nitrogens is 7. The standard InChI is InChI=1S/C18H16N8O3S/c1-24-14-12(16(28)25(2)18(24)29)7-8-13(20-14)15(27)19-10-5-4-6-11(9-10)26-17(30-3)21-22-23-26/h4-9H,1-3H3,(H,19,27). The van der Waals surface area contributed by atoms with Crippen LogP contribution in [0.15, 0.2) is 51.1 Å². The zero-order chi connectivity index (χ0) is 21.4. The molecule has 0 aliphatic rings. The molecule has 0 unspecified atom stereocenters. The van der Waals surface area contributed by atoms with Gasteiger partial charge in [0.2, 0.25) is 5.16 Å². The lowest BCUT2D eigenvalue weighted by molar-refractivity contribution is 0.102. The number of pyridine rings is 1. The Balaban J connectivity index is 1.68. The van der Waals surface area contributed by atoms with E-state index >= 15 is 0 Å². The van der Waals surface area contributed by atoms with Gasteiger partial charge in [0, 0.05) is 19.8 Å². The first kappa shape index (κ1) is 19.5. The molecule has 0 fully saturated rings. The summed E-state index contributed by atoms with van der Waals surface area (Å²) in [5, 5.41) is 15.1. The van der Waals surface area contributed by atoms with Crippen LogP contribution in [0.25, 0.3) is 16.7 Å². The Labute approximate surface area is 173 Å². The number of hydrogen-bond acceptors (Lipinski definition) is 8. The van der Waals surface area contributed by atoms with Gasteiger partial charge in [-0.25, -0.2) is 9.78 Å². The number of aryl methyl sites for hydroxylation is 1. The number of thioether (sulfide) groups is 1. The maximum Gasteiger partial charge on any atom is 0.332 e. The van der Waals surface area contributed by atoms with Gasteiger partial charge in [0.25, 0.3) is 11.5 Å². The second-order valence-electron chi connectivity index (χ2n) is 6.36. The number of carbonyl (C=O) groups is 1. The minimum Gasteiger partial charge on any atom is -0.321 e. The zero-order valence-electron chi connectivity index (χ0n) is 16.2. The third-order valence-corrected chi connectivity index (χ3v) is 5.13. The van der Waals surface area contributed by atoms with Crippen LogP contribution < -0.4 is 16.6 Å². The Kier molecular flexibility index (Phi) is 4.91. The summed E-state index contributed by atoms with van der Waals surface area (Å²) in [6.45, 7) is 0. The third-order valence-electron chi connectivity index (χ3n) is 4.51. The molecule has 1 N–H and O–H groups in total. The van der Waals surface area contributed by atoms with E-state index in [4.69, 9.17) is 0 Å². The number of fused-ring (bicyclic) bond motifs is 1. The minimum atomic E-state index is -0.517. The number of tetrazole rings is 1. The molecular weight excluding hydrogens is 408 g/mol. The summed E-state index contributed by atoms with van der Waals surface area (Å²) in [4.78, 5) is 41.4. The fourth-order valence-corrected chi connectivity index (χ4v) is 3.39. The van der Waals surface area contributed by atoms with E-state index < -0.39 is 17.2 Å². The van der Waals surface area contributed by atoms with Crippen molar-refractivity contribution in [3.63, 3.8) is 0 Å². The van der Waals surface area contributed by atoms with Gasteiger partial charge in [0.05, 0.1) is 11.1 Å². The second kappa shape index (κ2) is 7.55. The SMILES string of the molecule is CSc1nnnn1-c1cccc(NC(=O)c2ccc3c(=O)n(C)c(=O)n(C)c3n2)c1. The summed E-state index contributed by atoms with van der Waals surface area (Å²) in [6.07, 6.45) is 1.86. The molecular formula is C18H16N8O3S. The number of anilines is 1. The van der Waals surface area contributed by atoms with Gasteiger partial charge in [0.15, 0.2) is 0 Å². The van der Waals surface area contributed by atoms with Crippen LogP contribution in [0, 0.1) is 0 Å². The molecule has 0 atom stereocenters. The molecule has 0 aliphatic carbocycles. The highest BCUT2D eigenvalue weighted by Crippen LogP contribution is 2.19. The van der Waals surface area contributed by atoms with Gasteiger partial charge in [-0.1, -0.05) is 17.8 Å². The molecule has 0 saturated carbocycles. The highest BCUT2D eigenvalue weighted by atomic mass is 32.2. The van der Waals surface area contributed by atoms with Crippen LogP contribution in [0.5, 0.6) is 0 Å². The second-order valence-corrected chi connectivity index (χ2v) is 7.13. The average molecular weight is 424 g/mol. The van der Waals surface area contributed by atoms with Crippen molar-refractivity contribution in [2.75, 3.05) is 11.6 Å². The highest BCUT2D eigenvalue weighted by Gasteiger charge is 2.15. The largest absolute Gasteiger partial charge is 0.332 e. The van der Waals surface area contributed by atoms with Crippen LogP contribution in [0.4, 0.5) is 5.69 Å². The molecule has 30 heavy (non-hydrogen) atoms. The fraction of sp³-hybridized carbons (Fsp3) is 0.167. The van der Waals surface area contributed by atoms with Gasteiger partial charge in [-0.2, -0.15) is 4.68 Å².